The molecule has 3 N–H and O–H groups in total. The van der Waals surface area contributed by atoms with E-state index in [9.17, 15) is 17.3 Å². The molecule has 0 radical (unpaired) electrons. The Morgan fingerprint density at radius 3 is 2.59 bits per heavy atom. The third kappa shape index (κ3) is 4.02. The summed E-state index contributed by atoms with van der Waals surface area (Å²) in [5, 5.41) is 3.21. The molecule has 0 aromatic heterocycles. The minimum atomic E-state index is -5.31. The van der Waals surface area contributed by atoms with E-state index in [1.54, 1.807) is 0 Å². The van der Waals surface area contributed by atoms with Crippen LogP contribution in [0.5, 0.6) is 0 Å². The lowest BCUT2D eigenvalue weighted by Crippen LogP contribution is -2.37. The molecule has 0 saturated carbocycles. The molecule has 1 rings (SSSR count). The van der Waals surface area contributed by atoms with Crippen molar-refractivity contribution < 1.29 is 17.3 Å². The predicted molar refractivity (Wildman–Crippen MR) is 62.6 cm³/mol. The van der Waals surface area contributed by atoms with Crippen LogP contribution in [0.15, 0.2) is 23.3 Å². The first-order chi connectivity index (χ1) is 7.80. The number of halogens is 4. The fraction of sp³-hybridized carbons (Fsp3) is 0. The van der Waals surface area contributed by atoms with E-state index in [-0.39, 0.29) is 10.7 Å². The quantitative estimate of drug-likeness (QED) is 0.282. The standard InChI is InChI=1S/C8H7BF4N3S/c10-6-2-1-5(4-15-16-8(14)17)7(3-6)9(11,12)13/h1-4H,(H3,14,16,17)/q-1. The van der Waals surface area contributed by atoms with Crippen LogP contribution in [0.4, 0.5) is 17.3 Å². The van der Waals surface area contributed by atoms with Gasteiger partial charge in [-0.05, 0) is 23.8 Å². The zero-order valence-electron chi connectivity index (χ0n) is 8.33. The molecule has 0 aliphatic rings. The van der Waals surface area contributed by atoms with Crippen LogP contribution in [0.1, 0.15) is 5.56 Å². The van der Waals surface area contributed by atoms with Gasteiger partial charge in [0.25, 0.3) is 0 Å². The van der Waals surface area contributed by atoms with E-state index in [0.717, 1.165) is 18.3 Å². The number of nitrogens with two attached hydrogens (primary N) is 1. The van der Waals surface area contributed by atoms with E-state index in [1.807, 2.05) is 0 Å². The molecule has 1 aromatic carbocycles. The van der Waals surface area contributed by atoms with Gasteiger partial charge in [-0.25, -0.2) is 4.39 Å². The minimum absolute atomic E-state index is 0.178. The molecule has 0 aliphatic heterocycles. The van der Waals surface area contributed by atoms with Crippen molar-refractivity contribution in [3.05, 3.63) is 29.6 Å². The number of hydrazone groups is 1. The number of hydrogen-bond acceptors (Lipinski definition) is 2. The fourth-order valence-electron chi connectivity index (χ4n) is 1.11. The highest BCUT2D eigenvalue weighted by Gasteiger charge is 2.28. The Kier molecular flexibility index (Phi) is 4.05. The van der Waals surface area contributed by atoms with Crippen molar-refractivity contribution in [2.24, 2.45) is 10.8 Å². The fourth-order valence-corrected chi connectivity index (χ4v) is 1.16. The highest BCUT2D eigenvalue weighted by molar-refractivity contribution is 7.80. The van der Waals surface area contributed by atoms with Crippen molar-refractivity contribution in [2.45, 2.75) is 0 Å². The van der Waals surface area contributed by atoms with E-state index >= 15 is 0 Å². The lowest BCUT2D eigenvalue weighted by atomic mass is 9.77. The summed E-state index contributed by atoms with van der Waals surface area (Å²) in [6.45, 7) is -5.31. The molecular formula is C8H7BF4N3S-. The largest absolute Gasteiger partial charge is 0.510 e. The topological polar surface area (TPSA) is 50.4 Å². The first kappa shape index (κ1) is 13.4. The Morgan fingerprint density at radius 1 is 1.41 bits per heavy atom. The molecule has 17 heavy (non-hydrogen) atoms. The number of benzene rings is 1. The summed E-state index contributed by atoms with van der Waals surface area (Å²) in [6.07, 6.45) is 0.878. The second-order valence-corrected chi connectivity index (χ2v) is 3.52. The van der Waals surface area contributed by atoms with E-state index in [0.29, 0.717) is 6.07 Å². The molecule has 0 saturated heterocycles. The smallest absolute Gasteiger partial charge is 0.445 e. The molecule has 92 valence electrons. The van der Waals surface area contributed by atoms with Gasteiger partial charge in [0.05, 0.1) is 6.21 Å². The van der Waals surface area contributed by atoms with Gasteiger partial charge in [-0.15, -0.1) is 0 Å². The lowest BCUT2D eigenvalue weighted by molar-refractivity contribution is 0.500. The zero-order valence-corrected chi connectivity index (χ0v) is 9.15. The second-order valence-electron chi connectivity index (χ2n) is 3.08. The number of nitrogens with zero attached hydrogens (tertiary/aromatic N) is 1. The van der Waals surface area contributed by atoms with Crippen molar-refractivity contribution in [3.8, 4) is 0 Å². The molecule has 0 amide bonds. The van der Waals surface area contributed by atoms with Crippen molar-refractivity contribution in [3.63, 3.8) is 0 Å². The van der Waals surface area contributed by atoms with Gasteiger partial charge >= 0.3 is 6.98 Å². The number of nitrogens with one attached hydrogen (secondary N) is 1. The van der Waals surface area contributed by atoms with Crippen molar-refractivity contribution in [1.29, 1.82) is 0 Å². The van der Waals surface area contributed by atoms with Gasteiger partial charge in [0.2, 0.25) is 0 Å². The molecule has 0 atom stereocenters. The first-order valence-corrected chi connectivity index (χ1v) is 4.79. The normalized spacial score (nSPS) is 11.8. The average Bonchev–Trinajstić information content (AvgIpc) is 2.18. The Bertz CT molecular complexity index is 461. The minimum Gasteiger partial charge on any atom is -0.445 e. The molecule has 1 aromatic rings. The van der Waals surface area contributed by atoms with Crippen LogP contribution >= 0.6 is 12.2 Å². The van der Waals surface area contributed by atoms with E-state index in [4.69, 9.17) is 5.73 Å². The molecule has 9 heteroatoms. The van der Waals surface area contributed by atoms with Gasteiger partial charge in [-0.3, -0.25) is 5.43 Å². The van der Waals surface area contributed by atoms with Crippen LogP contribution in [-0.2, 0) is 0 Å². The lowest BCUT2D eigenvalue weighted by Gasteiger charge is -2.17. The second kappa shape index (κ2) is 5.13. The monoisotopic (exact) mass is 264 g/mol. The van der Waals surface area contributed by atoms with E-state index in [1.165, 1.54) is 0 Å². The third-order valence-electron chi connectivity index (χ3n) is 1.78. The van der Waals surface area contributed by atoms with Crippen molar-refractivity contribution in [1.82, 2.24) is 5.43 Å². The Hall–Kier alpha value is -1.64. The Labute approximate surface area is 99.7 Å². The summed E-state index contributed by atoms with van der Waals surface area (Å²) in [7, 11) is 0. The summed E-state index contributed by atoms with van der Waals surface area (Å²) < 4.78 is 50.5. The number of thiocarbonyl (C=S) groups is 1. The summed E-state index contributed by atoms with van der Waals surface area (Å²) >= 11 is 4.41. The molecule has 0 heterocycles. The third-order valence-corrected chi connectivity index (χ3v) is 1.87. The zero-order chi connectivity index (χ0) is 13.1. The van der Waals surface area contributed by atoms with Gasteiger partial charge in [0, 0.05) is 0 Å². The van der Waals surface area contributed by atoms with Crippen molar-refractivity contribution >= 4 is 36.0 Å². The highest BCUT2D eigenvalue weighted by atomic mass is 32.1. The summed E-state index contributed by atoms with van der Waals surface area (Å²) in [4.78, 5) is 0. The van der Waals surface area contributed by atoms with Gasteiger partial charge in [0.15, 0.2) is 5.11 Å². The van der Waals surface area contributed by atoms with Gasteiger partial charge < -0.3 is 18.7 Å². The SMILES string of the molecule is NC(=S)NN=Cc1ccc(F)cc1[B-](F)(F)F. The summed E-state index contributed by atoms with van der Waals surface area (Å²) in [5.74, 6) is -0.960. The summed E-state index contributed by atoms with van der Waals surface area (Å²) in [6, 6.07) is 2.31. The van der Waals surface area contributed by atoms with E-state index < -0.39 is 18.3 Å². The molecule has 3 nitrogen and oxygen atoms in total. The van der Waals surface area contributed by atoms with Crippen LogP contribution in [0, 0.1) is 5.82 Å². The van der Waals surface area contributed by atoms with Gasteiger partial charge in [-0.1, -0.05) is 17.6 Å². The van der Waals surface area contributed by atoms with Gasteiger partial charge in [0.1, 0.15) is 5.82 Å². The predicted octanol–water partition coefficient (Wildman–Crippen LogP) is 1.05. The summed E-state index contributed by atoms with van der Waals surface area (Å²) in [5.41, 5.74) is 5.83. The number of hydrogen-bond donors (Lipinski definition) is 2. The maximum Gasteiger partial charge on any atom is 0.510 e. The van der Waals surface area contributed by atoms with Crippen molar-refractivity contribution in [2.75, 3.05) is 0 Å². The first-order valence-electron chi connectivity index (χ1n) is 4.38. The number of rotatable bonds is 3. The molecule has 0 aliphatic carbocycles. The van der Waals surface area contributed by atoms with Crippen LogP contribution < -0.4 is 16.6 Å². The molecule has 0 unspecified atom stereocenters. The molecule has 0 bridgehead atoms. The van der Waals surface area contributed by atoms with Gasteiger partial charge in [-0.2, -0.15) is 5.10 Å². The van der Waals surface area contributed by atoms with Crippen LogP contribution in [-0.4, -0.2) is 18.3 Å². The maximum atomic E-state index is 12.7. The molecular weight excluding hydrogens is 257 g/mol. The van der Waals surface area contributed by atoms with E-state index in [2.05, 4.69) is 22.7 Å². The Balaban J connectivity index is 3.07. The molecule has 0 fully saturated rings. The average molecular weight is 264 g/mol. The van der Waals surface area contributed by atoms with Crippen LogP contribution in [0.25, 0.3) is 0 Å². The van der Waals surface area contributed by atoms with Crippen LogP contribution in [0.3, 0.4) is 0 Å². The maximum absolute atomic E-state index is 12.7. The highest BCUT2D eigenvalue weighted by Crippen LogP contribution is 2.12. The molecule has 0 spiro atoms. The van der Waals surface area contributed by atoms with Crippen LogP contribution in [0.2, 0.25) is 0 Å². The Morgan fingerprint density at radius 2 is 2.06 bits per heavy atom.